The van der Waals surface area contributed by atoms with Gasteiger partial charge in [-0.2, -0.15) is 0 Å². The number of pyridine rings is 1. The van der Waals surface area contributed by atoms with Crippen molar-refractivity contribution in [1.29, 1.82) is 0 Å². The monoisotopic (exact) mass is 254 g/mol. The number of rotatable bonds is 4. The molecule has 2 rings (SSSR count). The van der Waals surface area contributed by atoms with Crippen LogP contribution in [-0.4, -0.2) is 4.98 Å². The molecule has 0 radical (unpaired) electrons. The van der Waals surface area contributed by atoms with Gasteiger partial charge in [0.1, 0.15) is 0 Å². The molecule has 2 nitrogen and oxygen atoms in total. The number of benzene rings is 1. The molecule has 1 atom stereocenters. The predicted molar refractivity (Wildman–Crippen MR) is 80.2 cm³/mol. The van der Waals surface area contributed by atoms with Gasteiger partial charge in [-0.05, 0) is 37.5 Å². The first-order valence-corrected chi connectivity index (χ1v) is 6.86. The lowest BCUT2D eigenvalue weighted by atomic mass is 9.98. The normalized spacial score (nSPS) is 12.4. The molecule has 0 saturated heterocycles. The van der Waals surface area contributed by atoms with Gasteiger partial charge in [-0.25, -0.2) is 0 Å². The molecule has 1 aromatic heterocycles. The lowest BCUT2D eigenvalue weighted by molar-refractivity contribution is 0.704. The van der Waals surface area contributed by atoms with Gasteiger partial charge in [0, 0.05) is 24.4 Å². The van der Waals surface area contributed by atoms with E-state index in [1.165, 1.54) is 22.3 Å². The minimum Gasteiger partial charge on any atom is -0.324 e. The number of hydrogen-bond donors (Lipinski definition) is 1. The van der Waals surface area contributed by atoms with E-state index < -0.39 is 0 Å². The highest BCUT2D eigenvalue weighted by molar-refractivity contribution is 5.31. The second kappa shape index (κ2) is 5.98. The lowest BCUT2D eigenvalue weighted by Gasteiger charge is -2.13. The van der Waals surface area contributed by atoms with Crippen LogP contribution in [0, 0.1) is 13.8 Å². The standard InChI is InChI=1S/C17H22N2/c1-4-14-5-6-16(19-11-14)10-17(18)15-8-12(2)7-13(3)9-15/h5-9,11,17H,4,10,18H2,1-3H3. The van der Waals surface area contributed by atoms with E-state index in [1.807, 2.05) is 6.20 Å². The molecular formula is C17H22N2. The minimum atomic E-state index is 0.0126. The van der Waals surface area contributed by atoms with Crippen LogP contribution in [-0.2, 0) is 12.8 Å². The first-order chi connectivity index (χ1) is 9.08. The molecule has 1 heterocycles. The maximum absolute atomic E-state index is 6.30. The summed E-state index contributed by atoms with van der Waals surface area (Å²) in [6.07, 6.45) is 3.76. The smallest absolute Gasteiger partial charge is 0.0422 e. The molecule has 0 aliphatic carbocycles. The van der Waals surface area contributed by atoms with Crippen LogP contribution in [0.5, 0.6) is 0 Å². The van der Waals surface area contributed by atoms with Crippen molar-refractivity contribution in [2.24, 2.45) is 5.73 Å². The molecule has 0 aliphatic rings. The zero-order valence-electron chi connectivity index (χ0n) is 12.0. The fourth-order valence-corrected chi connectivity index (χ4v) is 2.35. The summed E-state index contributed by atoms with van der Waals surface area (Å²) in [6, 6.07) is 10.7. The molecule has 0 fully saturated rings. The van der Waals surface area contributed by atoms with Crippen LogP contribution >= 0.6 is 0 Å². The van der Waals surface area contributed by atoms with Gasteiger partial charge in [0.2, 0.25) is 0 Å². The SMILES string of the molecule is CCc1ccc(CC(N)c2cc(C)cc(C)c2)nc1. The average molecular weight is 254 g/mol. The first kappa shape index (κ1) is 13.8. The van der Waals surface area contributed by atoms with Crippen molar-refractivity contribution in [2.75, 3.05) is 0 Å². The fourth-order valence-electron chi connectivity index (χ4n) is 2.35. The van der Waals surface area contributed by atoms with Crippen molar-refractivity contribution in [1.82, 2.24) is 4.98 Å². The number of aryl methyl sites for hydroxylation is 3. The molecule has 0 spiro atoms. The van der Waals surface area contributed by atoms with Crippen LogP contribution in [0.3, 0.4) is 0 Å². The van der Waals surface area contributed by atoms with Gasteiger partial charge in [-0.1, -0.05) is 42.3 Å². The van der Waals surface area contributed by atoms with Crippen molar-refractivity contribution in [2.45, 2.75) is 39.7 Å². The topological polar surface area (TPSA) is 38.9 Å². The van der Waals surface area contributed by atoms with Gasteiger partial charge >= 0.3 is 0 Å². The van der Waals surface area contributed by atoms with Gasteiger partial charge in [0.25, 0.3) is 0 Å². The van der Waals surface area contributed by atoms with Crippen LogP contribution in [0.4, 0.5) is 0 Å². The lowest BCUT2D eigenvalue weighted by Crippen LogP contribution is -2.14. The van der Waals surface area contributed by atoms with Gasteiger partial charge in [-0.15, -0.1) is 0 Å². The highest BCUT2D eigenvalue weighted by atomic mass is 14.7. The molecule has 0 amide bonds. The molecule has 2 N–H and O–H groups in total. The Hall–Kier alpha value is -1.67. The van der Waals surface area contributed by atoms with Gasteiger partial charge < -0.3 is 5.73 Å². The molecule has 0 bridgehead atoms. The third kappa shape index (κ3) is 3.65. The summed E-state index contributed by atoms with van der Waals surface area (Å²) in [4.78, 5) is 4.48. The Morgan fingerprint density at radius 3 is 2.32 bits per heavy atom. The Labute approximate surface area is 115 Å². The van der Waals surface area contributed by atoms with Gasteiger partial charge in [0.15, 0.2) is 0 Å². The Morgan fingerprint density at radius 2 is 1.79 bits per heavy atom. The van der Waals surface area contributed by atoms with Crippen LogP contribution in [0.15, 0.2) is 36.5 Å². The Morgan fingerprint density at radius 1 is 1.11 bits per heavy atom. The van der Waals surface area contributed by atoms with E-state index in [-0.39, 0.29) is 6.04 Å². The number of nitrogens with two attached hydrogens (primary N) is 1. The number of hydrogen-bond acceptors (Lipinski definition) is 2. The van der Waals surface area contributed by atoms with Crippen molar-refractivity contribution in [3.63, 3.8) is 0 Å². The van der Waals surface area contributed by atoms with E-state index in [9.17, 15) is 0 Å². The van der Waals surface area contributed by atoms with Crippen LogP contribution in [0.2, 0.25) is 0 Å². The highest BCUT2D eigenvalue weighted by Crippen LogP contribution is 2.18. The molecule has 19 heavy (non-hydrogen) atoms. The Balaban J connectivity index is 2.13. The van der Waals surface area contributed by atoms with Crippen molar-refractivity contribution in [3.05, 3.63) is 64.5 Å². The van der Waals surface area contributed by atoms with Crippen molar-refractivity contribution in [3.8, 4) is 0 Å². The summed E-state index contributed by atoms with van der Waals surface area (Å²) in [6.45, 7) is 6.35. The molecular weight excluding hydrogens is 232 g/mol. The van der Waals surface area contributed by atoms with Gasteiger partial charge in [-0.3, -0.25) is 4.98 Å². The summed E-state index contributed by atoms with van der Waals surface area (Å²) in [5.41, 5.74) is 12.3. The van der Waals surface area contributed by atoms with E-state index in [1.54, 1.807) is 0 Å². The van der Waals surface area contributed by atoms with E-state index in [4.69, 9.17) is 5.73 Å². The van der Waals surface area contributed by atoms with E-state index in [0.717, 1.165) is 18.5 Å². The second-order valence-electron chi connectivity index (χ2n) is 5.24. The average Bonchev–Trinajstić information content (AvgIpc) is 2.38. The number of nitrogens with zero attached hydrogens (tertiary/aromatic N) is 1. The first-order valence-electron chi connectivity index (χ1n) is 6.86. The highest BCUT2D eigenvalue weighted by Gasteiger charge is 2.09. The maximum Gasteiger partial charge on any atom is 0.0422 e. The van der Waals surface area contributed by atoms with Gasteiger partial charge in [0.05, 0.1) is 0 Å². The number of aromatic nitrogens is 1. The zero-order chi connectivity index (χ0) is 13.8. The third-order valence-corrected chi connectivity index (χ3v) is 3.40. The maximum atomic E-state index is 6.30. The summed E-state index contributed by atoms with van der Waals surface area (Å²) >= 11 is 0. The zero-order valence-corrected chi connectivity index (χ0v) is 12.0. The summed E-state index contributed by atoms with van der Waals surface area (Å²) in [7, 11) is 0. The van der Waals surface area contributed by atoms with E-state index in [2.05, 4.69) is 56.1 Å². The quantitative estimate of drug-likeness (QED) is 0.907. The molecule has 1 unspecified atom stereocenters. The predicted octanol–water partition coefficient (Wildman–Crippen LogP) is 3.50. The fraction of sp³-hybridized carbons (Fsp3) is 0.353. The van der Waals surface area contributed by atoms with Crippen molar-refractivity contribution >= 4 is 0 Å². The second-order valence-corrected chi connectivity index (χ2v) is 5.24. The molecule has 2 aromatic rings. The molecule has 2 heteroatoms. The summed E-state index contributed by atoms with van der Waals surface area (Å²) < 4.78 is 0. The van der Waals surface area contributed by atoms with Crippen LogP contribution < -0.4 is 5.73 Å². The van der Waals surface area contributed by atoms with Crippen LogP contribution in [0.25, 0.3) is 0 Å². The minimum absolute atomic E-state index is 0.0126. The molecule has 0 saturated carbocycles. The van der Waals surface area contributed by atoms with Crippen molar-refractivity contribution < 1.29 is 0 Å². The van der Waals surface area contributed by atoms with E-state index >= 15 is 0 Å². The Bertz CT molecular complexity index is 523. The Kier molecular flexibility index (Phi) is 4.33. The van der Waals surface area contributed by atoms with Crippen LogP contribution in [0.1, 0.15) is 40.9 Å². The van der Waals surface area contributed by atoms with E-state index in [0.29, 0.717) is 0 Å². The third-order valence-electron chi connectivity index (χ3n) is 3.40. The summed E-state index contributed by atoms with van der Waals surface area (Å²) in [5, 5.41) is 0. The molecule has 1 aromatic carbocycles. The summed E-state index contributed by atoms with van der Waals surface area (Å²) in [5.74, 6) is 0. The molecule has 100 valence electrons. The molecule has 0 aliphatic heterocycles. The largest absolute Gasteiger partial charge is 0.324 e.